The van der Waals surface area contributed by atoms with Crippen LogP contribution in [-0.4, -0.2) is 41.9 Å². The molecule has 6 heteroatoms. The predicted octanol–water partition coefficient (Wildman–Crippen LogP) is 2.18. The Kier molecular flexibility index (Phi) is 8.57. The molecule has 0 radical (unpaired) electrons. The molecule has 1 aliphatic rings. The molecular weight excluding hydrogens is 314 g/mol. The number of hydrogen-bond donors (Lipinski definition) is 2. The van der Waals surface area contributed by atoms with Gasteiger partial charge in [0, 0.05) is 25.6 Å². The van der Waals surface area contributed by atoms with E-state index in [0.717, 1.165) is 6.42 Å². The smallest absolute Gasteiger partial charge is 0.245 e. The van der Waals surface area contributed by atoms with Gasteiger partial charge in [-0.2, -0.15) is 0 Å². The maximum Gasteiger partial charge on any atom is 0.245 e. The normalized spacial score (nSPS) is 21.8. The minimum absolute atomic E-state index is 0. The number of nitrogens with one attached hydrogen (secondary N) is 1. The van der Waals surface area contributed by atoms with Gasteiger partial charge >= 0.3 is 0 Å². The third kappa shape index (κ3) is 6.30. The van der Waals surface area contributed by atoms with Crippen molar-refractivity contribution in [3.63, 3.8) is 0 Å². The lowest BCUT2D eigenvalue weighted by Crippen LogP contribution is -2.59. The Morgan fingerprint density at radius 2 is 1.83 bits per heavy atom. The van der Waals surface area contributed by atoms with E-state index in [1.165, 1.54) is 0 Å². The van der Waals surface area contributed by atoms with Crippen molar-refractivity contribution in [2.75, 3.05) is 13.1 Å². The molecular formula is C17H34ClN3O2. The quantitative estimate of drug-likeness (QED) is 0.800. The van der Waals surface area contributed by atoms with E-state index < -0.39 is 6.04 Å². The van der Waals surface area contributed by atoms with Crippen molar-refractivity contribution in [2.24, 2.45) is 23.0 Å². The van der Waals surface area contributed by atoms with Gasteiger partial charge in [-0.05, 0) is 23.7 Å². The monoisotopic (exact) mass is 347 g/mol. The van der Waals surface area contributed by atoms with Crippen LogP contribution in [0.3, 0.4) is 0 Å². The average Bonchev–Trinajstić information content (AvgIpc) is 2.37. The number of amides is 2. The summed E-state index contributed by atoms with van der Waals surface area (Å²) in [6.07, 6.45) is 1.26. The van der Waals surface area contributed by atoms with E-state index in [1.807, 2.05) is 32.6 Å². The number of piperidine rings is 1. The average molecular weight is 348 g/mol. The van der Waals surface area contributed by atoms with Crippen molar-refractivity contribution in [2.45, 2.75) is 66.5 Å². The van der Waals surface area contributed by atoms with Crippen molar-refractivity contribution in [3.05, 3.63) is 0 Å². The maximum absolute atomic E-state index is 12.8. The molecule has 0 saturated carbocycles. The van der Waals surface area contributed by atoms with Crippen LogP contribution in [-0.2, 0) is 9.59 Å². The summed E-state index contributed by atoms with van der Waals surface area (Å²) in [5.41, 5.74) is 6.05. The van der Waals surface area contributed by atoms with Crippen molar-refractivity contribution < 1.29 is 9.59 Å². The molecule has 1 heterocycles. The minimum Gasteiger partial charge on any atom is -0.344 e. The third-order valence-corrected chi connectivity index (χ3v) is 4.47. The SMILES string of the molecule is CC(C)CC(=O)NC(C(=O)N1CCC(N)C(C)(C)C1)C(C)C.Cl. The zero-order valence-corrected chi connectivity index (χ0v) is 16.2. The fourth-order valence-electron chi connectivity index (χ4n) is 2.88. The Morgan fingerprint density at radius 1 is 1.26 bits per heavy atom. The zero-order chi connectivity index (χ0) is 17.1. The molecule has 1 aliphatic heterocycles. The molecule has 1 rings (SSSR count). The zero-order valence-electron chi connectivity index (χ0n) is 15.4. The third-order valence-electron chi connectivity index (χ3n) is 4.47. The highest BCUT2D eigenvalue weighted by atomic mass is 35.5. The molecule has 2 amide bonds. The summed E-state index contributed by atoms with van der Waals surface area (Å²) in [6, 6.07) is -0.332. The van der Waals surface area contributed by atoms with E-state index in [-0.39, 0.29) is 47.5 Å². The van der Waals surface area contributed by atoms with Crippen LogP contribution < -0.4 is 11.1 Å². The van der Waals surface area contributed by atoms with Gasteiger partial charge in [-0.1, -0.05) is 41.5 Å². The second kappa shape index (κ2) is 8.88. The van der Waals surface area contributed by atoms with Crippen LogP contribution in [0.5, 0.6) is 0 Å². The molecule has 0 aromatic rings. The number of likely N-dealkylation sites (tertiary alicyclic amines) is 1. The maximum atomic E-state index is 12.8. The summed E-state index contributed by atoms with van der Waals surface area (Å²) in [5, 5.41) is 2.92. The number of rotatable bonds is 5. The Bertz CT molecular complexity index is 411. The standard InChI is InChI=1S/C17H33N3O2.ClH/c1-11(2)9-14(21)19-15(12(3)4)16(22)20-8-7-13(18)17(5,6)10-20;/h11-13,15H,7-10,18H2,1-6H3,(H,19,21);1H. The number of hydrogen-bond acceptors (Lipinski definition) is 3. The first kappa shape index (κ1) is 22.2. The fraction of sp³-hybridized carbons (Fsp3) is 0.882. The summed E-state index contributed by atoms with van der Waals surface area (Å²) in [4.78, 5) is 26.7. The summed E-state index contributed by atoms with van der Waals surface area (Å²) in [7, 11) is 0. The van der Waals surface area contributed by atoms with Gasteiger partial charge in [-0.25, -0.2) is 0 Å². The first-order valence-corrected chi connectivity index (χ1v) is 8.38. The molecule has 0 spiro atoms. The lowest BCUT2D eigenvalue weighted by Gasteiger charge is -2.44. The van der Waals surface area contributed by atoms with Crippen molar-refractivity contribution in [1.82, 2.24) is 10.2 Å². The predicted molar refractivity (Wildman–Crippen MR) is 96.4 cm³/mol. The molecule has 5 nitrogen and oxygen atoms in total. The topological polar surface area (TPSA) is 75.4 Å². The first-order chi connectivity index (χ1) is 10.0. The minimum atomic E-state index is -0.448. The van der Waals surface area contributed by atoms with Gasteiger partial charge in [-0.15, -0.1) is 12.4 Å². The Morgan fingerprint density at radius 3 is 2.26 bits per heavy atom. The number of nitrogens with two attached hydrogens (primary N) is 1. The lowest BCUT2D eigenvalue weighted by atomic mass is 9.79. The molecule has 2 atom stereocenters. The summed E-state index contributed by atoms with van der Waals surface area (Å²) < 4.78 is 0. The first-order valence-electron chi connectivity index (χ1n) is 8.38. The fourth-order valence-corrected chi connectivity index (χ4v) is 2.88. The van der Waals surface area contributed by atoms with E-state index in [2.05, 4.69) is 19.2 Å². The van der Waals surface area contributed by atoms with Crippen LogP contribution >= 0.6 is 12.4 Å². The highest BCUT2D eigenvalue weighted by Gasteiger charge is 2.38. The van der Waals surface area contributed by atoms with Crippen LogP contribution in [0, 0.1) is 17.3 Å². The Balaban J connectivity index is 0.00000484. The van der Waals surface area contributed by atoms with Gasteiger partial charge in [0.1, 0.15) is 6.04 Å². The van der Waals surface area contributed by atoms with Gasteiger partial charge in [0.2, 0.25) is 11.8 Å². The van der Waals surface area contributed by atoms with Crippen LogP contribution in [0.15, 0.2) is 0 Å². The van der Waals surface area contributed by atoms with Crippen LogP contribution in [0.2, 0.25) is 0 Å². The van der Waals surface area contributed by atoms with E-state index >= 15 is 0 Å². The van der Waals surface area contributed by atoms with Gasteiger partial charge < -0.3 is 16.0 Å². The van der Waals surface area contributed by atoms with Crippen molar-refractivity contribution >= 4 is 24.2 Å². The van der Waals surface area contributed by atoms with E-state index in [1.54, 1.807) is 0 Å². The molecule has 1 saturated heterocycles. The van der Waals surface area contributed by atoms with Gasteiger partial charge in [0.05, 0.1) is 0 Å². The van der Waals surface area contributed by atoms with Gasteiger partial charge in [-0.3, -0.25) is 9.59 Å². The number of halogens is 1. The highest BCUT2D eigenvalue weighted by Crippen LogP contribution is 2.28. The molecule has 0 aromatic heterocycles. The van der Waals surface area contributed by atoms with Crippen LogP contribution in [0.1, 0.15) is 54.4 Å². The summed E-state index contributed by atoms with van der Waals surface area (Å²) in [6.45, 7) is 13.5. The van der Waals surface area contributed by atoms with Crippen LogP contribution in [0.4, 0.5) is 0 Å². The molecule has 0 aliphatic carbocycles. The van der Waals surface area contributed by atoms with Gasteiger partial charge in [0.25, 0.3) is 0 Å². The summed E-state index contributed by atoms with van der Waals surface area (Å²) in [5.74, 6) is 0.333. The van der Waals surface area contributed by atoms with E-state index in [9.17, 15) is 9.59 Å². The number of nitrogens with zero attached hydrogens (tertiary/aromatic N) is 1. The molecule has 0 bridgehead atoms. The molecule has 136 valence electrons. The molecule has 0 aromatic carbocycles. The highest BCUT2D eigenvalue weighted by molar-refractivity contribution is 5.88. The largest absolute Gasteiger partial charge is 0.344 e. The van der Waals surface area contributed by atoms with E-state index in [4.69, 9.17) is 5.73 Å². The molecule has 3 N–H and O–H groups in total. The Labute approximate surface area is 147 Å². The van der Waals surface area contributed by atoms with Crippen LogP contribution in [0.25, 0.3) is 0 Å². The summed E-state index contributed by atoms with van der Waals surface area (Å²) >= 11 is 0. The van der Waals surface area contributed by atoms with Crippen molar-refractivity contribution in [3.8, 4) is 0 Å². The molecule has 2 unspecified atom stereocenters. The lowest BCUT2D eigenvalue weighted by molar-refractivity contribution is -0.140. The number of carbonyl (C=O) groups excluding carboxylic acids is 2. The molecule has 23 heavy (non-hydrogen) atoms. The molecule has 1 fully saturated rings. The Hall–Kier alpha value is -0.810. The van der Waals surface area contributed by atoms with Crippen molar-refractivity contribution in [1.29, 1.82) is 0 Å². The van der Waals surface area contributed by atoms with Gasteiger partial charge in [0.15, 0.2) is 0 Å². The number of carbonyl (C=O) groups is 2. The second-order valence-electron chi connectivity index (χ2n) is 8.03. The second-order valence-corrected chi connectivity index (χ2v) is 8.03. The van der Waals surface area contributed by atoms with E-state index in [0.29, 0.717) is 19.5 Å².